The van der Waals surface area contributed by atoms with Crippen molar-refractivity contribution in [3.8, 4) is 11.3 Å². The summed E-state index contributed by atoms with van der Waals surface area (Å²) in [6.45, 7) is 2.07. The number of anilines is 2. The van der Waals surface area contributed by atoms with Gasteiger partial charge in [-0.3, -0.25) is 0 Å². The normalized spacial score (nSPS) is 10.4. The molecule has 0 bridgehead atoms. The average Bonchev–Trinajstić information content (AvgIpc) is 2.64. The molecule has 0 unspecified atom stereocenters. The quantitative estimate of drug-likeness (QED) is 0.448. The third-order valence-corrected chi connectivity index (χ3v) is 4.19. The molecule has 1 heterocycles. The predicted molar refractivity (Wildman–Crippen MR) is 109 cm³/mol. The highest BCUT2D eigenvalue weighted by molar-refractivity contribution is 5.95. The molecule has 4 aromatic rings. The number of aryl methyl sites for hydroxylation is 1. The first kappa shape index (κ1) is 17.9. The van der Waals surface area contributed by atoms with Crippen molar-refractivity contribution in [1.82, 2.24) is 4.98 Å². The molecule has 1 N–H and O–H groups in total. The van der Waals surface area contributed by atoms with Crippen LogP contribution in [0.1, 0.15) is 5.56 Å². The first-order valence-electron chi connectivity index (χ1n) is 8.18. The van der Waals surface area contributed by atoms with Crippen molar-refractivity contribution in [1.29, 1.82) is 0 Å². The molecule has 0 saturated heterocycles. The van der Waals surface area contributed by atoms with Gasteiger partial charge in [-0.15, -0.1) is 12.4 Å². The number of nitrogens with zero attached hydrogens (tertiary/aromatic N) is 1. The monoisotopic (exact) mass is 364 g/mol. The predicted octanol–water partition coefficient (Wildman–Crippen LogP) is 6.51. The zero-order valence-electron chi connectivity index (χ0n) is 14.2. The summed E-state index contributed by atoms with van der Waals surface area (Å²) in [6, 6.07) is 24.7. The topological polar surface area (TPSA) is 24.9 Å². The van der Waals surface area contributed by atoms with Crippen LogP contribution in [0.3, 0.4) is 0 Å². The molecule has 0 aliphatic rings. The lowest BCUT2D eigenvalue weighted by Crippen LogP contribution is -1.95. The molecule has 0 fully saturated rings. The molecule has 4 heteroatoms. The van der Waals surface area contributed by atoms with Gasteiger partial charge in [0.2, 0.25) is 0 Å². The minimum absolute atomic E-state index is 0. The molecule has 1 aromatic heterocycles. The third-order valence-electron chi connectivity index (χ3n) is 4.19. The molecule has 0 aliphatic heterocycles. The van der Waals surface area contributed by atoms with Crippen molar-refractivity contribution >= 4 is 34.7 Å². The van der Waals surface area contributed by atoms with Crippen LogP contribution < -0.4 is 5.32 Å². The largest absolute Gasteiger partial charge is 0.355 e. The van der Waals surface area contributed by atoms with E-state index < -0.39 is 0 Å². The zero-order valence-corrected chi connectivity index (χ0v) is 15.1. The lowest BCUT2D eigenvalue weighted by atomic mass is 10.1. The molecule has 130 valence electrons. The summed E-state index contributed by atoms with van der Waals surface area (Å²) < 4.78 is 13.2. The Morgan fingerprint density at radius 2 is 1.54 bits per heavy atom. The highest BCUT2D eigenvalue weighted by Crippen LogP contribution is 2.30. The molecule has 2 nitrogen and oxygen atoms in total. The molecule has 4 rings (SSSR count). The van der Waals surface area contributed by atoms with E-state index in [1.165, 1.54) is 17.7 Å². The summed E-state index contributed by atoms with van der Waals surface area (Å²) in [5.41, 5.74) is 5.82. The Hall–Kier alpha value is -2.91. The van der Waals surface area contributed by atoms with Crippen LogP contribution >= 0.6 is 12.4 Å². The Kier molecular flexibility index (Phi) is 5.19. The van der Waals surface area contributed by atoms with Crippen LogP contribution in [0.2, 0.25) is 0 Å². The van der Waals surface area contributed by atoms with Crippen LogP contribution in [0.4, 0.5) is 15.8 Å². The van der Waals surface area contributed by atoms with Crippen molar-refractivity contribution in [2.24, 2.45) is 0 Å². The van der Waals surface area contributed by atoms with E-state index in [9.17, 15) is 4.39 Å². The fourth-order valence-electron chi connectivity index (χ4n) is 2.84. The highest BCUT2D eigenvalue weighted by Gasteiger charge is 2.08. The van der Waals surface area contributed by atoms with Gasteiger partial charge in [0.15, 0.2) is 0 Å². The number of benzene rings is 3. The maximum absolute atomic E-state index is 13.2. The molecular formula is C22H18ClFN2. The first-order valence-corrected chi connectivity index (χ1v) is 8.18. The van der Waals surface area contributed by atoms with Gasteiger partial charge in [-0.25, -0.2) is 9.37 Å². The summed E-state index contributed by atoms with van der Waals surface area (Å²) in [7, 11) is 0. The maximum Gasteiger partial charge on any atom is 0.123 e. The van der Waals surface area contributed by atoms with E-state index in [1.807, 2.05) is 30.3 Å². The van der Waals surface area contributed by atoms with Crippen LogP contribution in [0.15, 0.2) is 78.9 Å². The molecule has 0 aliphatic carbocycles. The summed E-state index contributed by atoms with van der Waals surface area (Å²) in [4.78, 5) is 4.73. The number of rotatable bonds is 3. The van der Waals surface area contributed by atoms with Gasteiger partial charge in [-0.05, 0) is 55.5 Å². The van der Waals surface area contributed by atoms with E-state index in [4.69, 9.17) is 4.98 Å². The van der Waals surface area contributed by atoms with Gasteiger partial charge >= 0.3 is 0 Å². The highest BCUT2D eigenvalue weighted by atomic mass is 35.5. The fourth-order valence-corrected chi connectivity index (χ4v) is 2.84. The Labute approximate surface area is 158 Å². The Morgan fingerprint density at radius 1 is 0.846 bits per heavy atom. The minimum atomic E-state index is -0.248. The number of pyridine rings is 1. The van der Waals surface area contributed by atoms with Crippen molar-refractivity contribution in [3.63, 3.8) is 0 Å². The summed E-state index contributed by atoms with van der Waals surface area (Å²) in [5, 5.41) is 4.53. The number of halogens is 2. The van der Waals surface area contributed by atoms with Crippen molar-refractivity contribution in [2.45, 2.75) is 6.92 Å². The lowest BCUT2D eigenvalue weighted by molar-refractivity contribution is 0.628. The van der Waals surface area contributed by atoms with E-state index in [0.717, 1.165) is 33.5 Å². The van der Waals surface area contributed by atoms with E-state index >= 15 is 0 Å². The number of fused-ring (bicyclic) bond motifs is 1. The minimum Gasteiger partial charge on any atom is -0.355 e. The van der Waals surface area contributed by atoms with E-state index in [-0.39, 0.29) is 18.2 Å². The molecule has 0 amide bonds. The number of hydrogen-bond acceptors (Lipinski definition) is 2. The van der Waals surface area contributed by atoms with E-state index in [0.29, 0.717) is 0 Å². The van der Waals surface area contributed by atoms with Gasteiger partial charge in [-0.2, -0.15) is 0 Å². The van der Waals surface area contributed by atoms with Crippen LogP contribution in [0.25, 0.3) is 22.2 Å². The van der Waals surface area contributed by atoms with Gasteiger partial charge in [-0.1, -0.05) is 35.9 Å². The van der Waals surface area contributed by atoms with Crippen molar-refractivity contribution in [2.75, 3.05) is 5.32 Å². The van der Waals surface area contributed by atoms with Gasteiger partial charge in [0, 0.05) is 16.6 Å². The molecule has 0 atom stereocenters. The molecule has 0 radical (unpaired) electrons. The van der Waals surface area contributed by atoms with Crippen LogP contribution in [0.5, 0.6) is 0 Å². The van der Waals surface area contributed by atoms with Crippen LogP contribution in [0, 0.1) is 12.7 Å². The van der Waals surface area contributed by atoms with Crippen molar-refractivity contribution in [3.05, 3.63) is 90.2 Å². The second-order valence-electron chi connectivity index (χ2n) is 6.07. The van der Waals surface area contributed by atoms with Gasteiger partial charge in [0.25, 0.3) is 0 Å². The maximum atomic E-state index is 13.2. The Morgan fingerprint density at radius 3 is 2.27 bits per heavy atom. The average molecular weight is 365 g/mol. The van der Waals surface area contributed by atoms with Gasteiger partial charge < -0.3 is 5.32 Å². The van der Waals surface area contributed by atoms with Gasteiger partial charge in [0.1, 0.15) is 5.82 Å². The third kappa shape index (κ3) is 3.68. The van der Waals surface area contributed by atoms with E-state index in [1.54, 1.807) is 12.1 Å². The fraction of sp³-hybridized carbons (Fsp3) is 0.0455. The van der Waals surface area contributed by atoms with Crippen LogP contribution in [-0.2, 0) is 0 Å². The smallest absolute Gasteiger partial charge is 0.123 e. The molecule has 26 heavy (non-hydrogen) atoms. The zero-order chi connectivity index (χ0) is 17.2. The molecule has 0 spiro atoms. The second kappa shape index (κ2) is 7.54. The van der Waals surface area contributed by atoms with E-state index in [2.05, 4.69) is 36.5 Å². The first-order chi connectivity index (χ1) is 12.2. The number of para-hydroxylation sites is 1. The lowest BCUT2D eigenvalue weighted by Gasteiger charge is -2.12. The van der Waals surface area contributed by atoms with Crippen molar-refractivity contribution < 1.29 is 4.39 Å². The molecule has 3 aromatic carbocycles. The second-order valence-corrected chi connectivity index (χ2v) is 6.07. The standard InChI is InChI=1S/C22H17FN2.ClH/c1-15-6-12-18(13-7-15)24-22-14-21(16-8-10-17(23)11-9-16)25-20-5-3-2-4-19(20)22;/h2-14H,1H3,(H,24,25);1H. The Bertz CT molecular complexity index is 1030. The summed E-state index contributed by atoms with van der Waals surface area (Å²) in [6.07, 6.45) is 0. The van der Waals surface area contributed by atoms with Gasteiger partial charge in [0.05, 0.1) is 16.9 Å². The SMILES string of the molecule is Cc1ccc(Nc2cc(-c3ccc(F)cc3)nc3ccccc23)cc1.Cl. The Balaban J connectivity index is 0.00000196. The molecular weight excluding hydrogens is 347 g/mol. The summed E-state index contributed by atoms with van der Waals surface area (Å²) >= 11 is 0. The number of hydrogen-bond donors (Lipinski definition) is 1. The molecule has 0 saturated carbocycles. The van der Waals surface area contributed by atoms with Crippen LogP contribution in [-0.4, -0.2) is 4.98 Å². The number of nitrogens with one attached hydrogen (secondary N) is 1. The summed E-state index contributed by atoms with van der Waals surface area (Å²) in [5.74, 6) is -0.248. The number of aromatic nitrogens is 1.